The molecule has 1 aromatic heterocycles. The Kier molecular flexibility index (Phi) is 4.03. The van der Waals surface area contributed by atoms with Crippen LogP contribution in [0.25, 0.3) is 5.69 Å². The number of carbonyl (C=O) groups excluding carboxylic acids is 2. The molecule has 7 heteroatoms. The number of rotatable bonds is 3. The Morgan fingerprint density at radius 1 is 1.15 bits per heavy atom. The van der Waals surface area contributed by atoms with Crippen LogP contribution in [0, 0.1) is 13.8 Å². The van der Waals surface area contributed by atoms with Crippen molar-refractivity contribution in [3.8, 4) is 5.69 Å². The fourth-order valence-electron chi connectivity index (χ4n) is 3.87. The molecule has 2 aliphatic rings. The highest BCUT2D eigenvalue weighted by Gasteiger charge is 2.51. The normalized spacial score (nSPS) is 19.2. The number of urea groups is 1. The van der Waals surface area contributed by atoms with Crippen molar-refractivity contribution in [2.75, 3.05) is 13.1 Å². The minimum absolute atomic E-state index is 0.111. The average Bonchev–Trinajstić information content (AvgIpc) is 3.07. The van der Waals surface area contributed by atoms with Gasteiger partial charge in [0.05, 0.1) is 17.9 Å². The molecule has 2 aromatic rings. The molecule has 136 valence electrons. The number of amides is 3. The highest BCUT2D eigenvalue weighted by molar-refractivity contribution is 6.07. The van der Waals surface area contributed by atoms with Crippen LogP contribution in [0.3, 0.4) is 0 Å². The maximum Gasteiger partial charge on any atom is 0.325 e. The maximum atomic E-state index is 12.9. The fraction of sp³-hybridized carbons (Fsp3) is 0.421. The first kappa shape index (κ1) is 16.8. The van der Waals surface area contributed by atoms with Gasteiger partial charge in [-0.3, -0.25) is 9.69 Å². The number of carbonyl (C=O) groups is 2. The highest BCUT2D eigenvalue weighted by atomic mass is 16.2. The van der Waals surface area contributed by atoms with E-state index < -0.39 is 5.54 Å². The highest BCUT2D eigenvalue weighted by Crippen LogP contribution is 2.28. The number of nitrogens with one attached hydrogen (secondary N) is 2. The van der Waals surface area contributed by atoms with Gasteiger partial charge in [-0.1, -0.05) is 12.1 Å². The first-order chi connectivity index (χ1) is 12.5. The molecule has 1 spiro atoms. The van der Waals surface area contributed by atoms with E-state index in [1.165, 1.54) is 4.90 Å². The molecule has 26 heavy (non-hydrogen) atoms. The lowest BCUT2D eigenvalue weighted by atomic mass is 9.88. The van der Waals surface area contributed by atoms with Crippen molar-refractivity contribution in [2.24, 2.45) is 0 Å². The van der Waals surface area contributed by atoms with Crippen molar-refractivity contribution in [2.45, 2.75) is 38.8 Å². The monoisotopic (exact) mass is 353 g/mol. The Morgan fingerprint density at radius 2 is 1.92 bits per heavy atom. The zero-order chi connectivity index (χ0) is 18.3. The lowest BCUT2D eigenvalue weighted by molar-refractivity contribution is -0.132. The number of nitrogens with zero attached hydrogens (tertiary/aromatic N) is 3. The predicted molar refractivity (Wildman–Crippen MR) is 97.0 cm³/mol. The summed E-state index contributed by atoms with van der Waals surface area (Å²) in [5.74, 6) is -0.111. The van der Waals surface area contributed by atoms with Gasteiger partial charge in [0.25, 0.3) is 5.91 Å². The zero-order valence-corrected chi connectivity index (χ0v) is 15.1. The van der Waals surface area contributed by atoms with E-state index in [2.05, 4.69) is 15.7 Å². The third-order valence-electron chi connectivity index (χ3n) is 5.21. The molecule has 3 heterocycles. The molecule has 7 nitrogen and oxygen atoms in total. The molecule has 3 amide bonds. The SMILES string of the molecule is Cc1cc(C)n(-c2cccc(CN3C(=O)NC4(CCNCC4)C3=O)c2)n1. The molecule has 1 aromatic carbocycles. The van der Waals surface area contributed by atoms with Crippen molar-refractivity contribution in [3.05, 3.63) is 47.3 Å². The lowest BCUT2D eigenvalue weighted by Crippen LogP contribution is -2.53. The fourth-order valence-corrected chi connectivity index (χ4v) is 3.87. The lowest BCUT2D eigenvalue weighted by Gasteiger charge is -2.31. The minimum Gasteiger partial charge on any atom is -0.323 e. The number of aryl methyl sites for hydroxylation is 2. The van der Waals surface area contributed by atoms with E-state index >= 15 is 0 Å². The summed E-state index contributed by atoms with van der Waals surface area (Å²) >= 11 is 0. The number of benzene rings is 1. The van der Waals surface area contributed by atoms with Crippen molar-refractivity contribution in [1.29, 1.82) is 0 Å². The van der Waals surface area contributed by atoms with Crippen LogP contribution >= 0.6 is 0 Å². The van der Waals surface area contributed by atoms with Gasteiger partial charge in [0.15, 0.2) is 0 Å². The summed E-state index contributed by atoms with van der Waals surface area (Å²) in [6.45, 7) is 5.72. The Labute approximate surface area is 152 Å². The first-order valence-electron chi connectivity index (χ1n) is 8.96. The van der Waals surface area contributed by atoms with E-state index in [1.54, 1.807) is 0 Å². The molecule has 0 unspecified atom stereocenters. The predicted octanol–water partition coefficient (Wildman–Crippen LogP) is 1.66. The Bertz CT molecular complexity index is 867. The molecule has 4 rings (SSSR count). The van der Waals surface area contributed by atoms with E-state index in [0.717, 1.165) is 35.7 Å². The molecular weight excluding hydrogens is 330 g/mol. The van der Waals surface area contributed by atoms with Crippen molar-refractivity contribution < 1.29 is 9.59 Å². The smallest absolute Gasteiger partial charge is 0.323 e. The van der Waals surface area contributed by atoms with Gasteiger partial charge >= 0.3 is 6.03 Å². The van der Waals surface area contributed by atoms with Gasteiger partial charge in [0.2, 0.25) is 0 Å². The largest absolute Gasteiger partial charge is 0.325 e. The number of piperidine rings is 1. The molecule has 2 saturated heterocycles. The van der Waals surface area contributed by atoms with Crippen LogP contribution in [0.15, 0.2) is 30.3 Å². The molecule has 2 fully saturated rings. The second kappa shape index (κ2) is 6.25. The summed E-state index contributed by atoms with van der Waals surface area (Å²) in [5.41, 5.74) is 3.11. The van der Waals surface area contributed by atoms with Gasteiger partial charge in [-0.15, -0.1) is 0 Å². The van der Waals surface area contributed by atoms with E-state index in [9.17, 15) is 9.59 Å². The number of aromatic nitrogens is 2. The van der Waals surface area contributed by atoms with Crippen molar-refractivity contribution >= 4 is 11.9 Å². The van der Waals surface area contributed by atoms with E-state index in [-0.39, 0.29) is 18.5 Å². The second-order valence-electron chi connectivity index (χ2n) is 7.16. The first-order valence-corrected chi connectivity index (χ1v) is 8.96. The zero-order valence-electron chi connectivity index (χ0n) is 15.1. The molecule has 2 aliphatic heterocycles. The second-order valence-corrected chi connectivity index (χ2v) is 7.16. The number of hydrogen-bond acceptors (Lipinski definition) is 4. The summed E-state index contributed by atoms with van der Waals surface area (Å²) in [7, 11) is 0. The molecule has 0 saturated carbocycles. The van der Waals surface area contributed by atoms with Crippen LogP contribution < -0.4 is 10.6 Å². The van der Waals surface area contributed by atoms with Crippen LogP contribution in [0.5, 0.6) is 0 Å². The molecular formula is C19H23N5O2. The Hall–Kier alpha value is -2.67. The number of imide groups is 1. The van der Waals surface area contributed by atoms with Crippen LogP contribution in [-0.2, 0) is 11.3 Å². The van der Waals surface area contributed by atoms with Crippen LogP contribution in [0.2, 0.25) is 0 Å². The third-order valence-corrected chi connectivity index (χ3v) is 5.21. The summed E-state index contributed by atoms with van der Waals surface area (Å²) in [6, 6.07) is 9.54. The Morgan fingerprint density at radius 3 is 2.62 bits per heavy atom. The minimum atomic E-state index is -0.727. The summed E-state index contributed by atoms with van der Waals surface area (Å²) in [6.07, 6.45) is 1.28. The standard InChI is InChI=1S/C19H23N5O2/c1-13-10-14(2)24(22-13)16-5-3-4-15(11-16)12-23-17(25)19(21-18(23)26)6-8-20-9-7-19/h3-5,10-11,20H,6-9,12H2,1-2H3,(H,21,26). The van der Waals surface area contributed by atoms with Crippen LogP contribution in [-0.4, -0.2) is 45.2 Å². The van der Waals surface area contributed by atoms with Crippen LogP contribution in [0.4, 0.5) is 4.79 Å². The summed E-state index contributed by atoms with van der Waals surface area (Å²) in [5, 5.41) is 10.7. The topological polar surface area (TPSA) is 79.3 Å². The van der Waals surface area contributed by atoms with Crippen molar-refractivity contribution in [3.63, 3.8) is 0 Å². The van der Waals surface area contributed by atoms with Gasteiger partial charge < -0.3 is 10.6 Å². The summed E-state index contributed by atoms with van der Waals surface area (Å²) < 4.78 is 1.87. The van der Waals surface area contributed by atoms with Gasteiger partial charge in [-0.05, 0) is 63.5 Å². The van der Waals surface area contributed by atoms with Gasteiger partial charge in [-0.25, -0.2) is 9.48 Å². The quantitative estimate of drug-likeness (QED) is 0.823. The van der Waals surface area contributed by atoms with Gasteiger partial charge in [0, 0.05) is 5.69 Å². The van der Waals surface area contributed by atoms with Crippen molar-refractivity contribution in [1.82, 2.24) is 25.3 Å². The molecule has 2 N–H and O–H groups in total. The molecule has 0 aliphatic carbocycles. The Balaban J connectivity index is 1.58. The molecule has 0 radical (unpaired) electrons. The van der Waals surface area contributed by atoms with Gasteiger partial charge in [-0.2, -0.15) is 5.10 Å². The average molecular weight is 353 g/mol. The van der Waals surface area contributed by atoms with E-state index in [4.69, 9.17) is 0 Å². The summed E-state index contributed by atoms with van der Waals surface area (Å²) in [4.78, 5) is 26.7. The third kappa shape index (κ3) is 2.78. The number of hydrogen-bond donors (Lipinski definition) is 2. The van der Waals surface area contributed by atoms with Crippen LogP contribution in [0.1, 0.15) is 29.8 Å². The van der Waals surface area contributed by atoms with E-state index in [0.29, 0.717) is 12.8 Å². The van der Waals surface area contributed by atoms with Gasteiger partial charge in [0.1, 0.15) is 5.54 Å². The maximum absolute atomic E-state index is 12.9. The molecule has 0 bridgehead atoms. The van der Waals surface area contributed by atoms with E-state index in [1.807, 2.05) is 48.9 Å². The molecule has 0 atom stereocenters.